The smallest absolute Gasteiger partial charge is 0.0620 e. The average molecular weight is 444 g/mol. The SMILES string of the molecule is c1ccc2c(c1)Cc1c-2ccc2c3ccc4c(c3c3c5ccccc5cn3c12)-c1ccccc1C4. The molecule has 1 heteroatoms. The topological polar surface area (TPSA) is 4.41 Å². The van der Waals surface area contributed by atoms with E-state index in [1.807, 2.05) is 0 Å². The first-order valence-electron chi connectivity index (χ1n) is 12.5. The summed E-state index contributed by atoms with van der Waals surface area (Å²) < 4.78 is 2.52. The summed E-state index contributed by atoms with van der Waals surface area (Å²) in [5.41, 5.74) is 14.1. The summed E-state index contributed by atoms with van der Waals surface area (Å²) in [6.07, 6.45) is 4.38. The van der Waals surface area contributed by atoms with E-state index in [1.165, 1.54) is 82.5 Å². The van der Waals surface area contributed by atoms with Crippen LogP contribution in [0.5, 0.6) is 0 Å². The Bertz CT molecular complexity index is 2050. The molecule has 0 unspecified atom stereocenters. The number of pyridine rings is 1. The van der Waals surface area contributed by atoms with E-state index in [2.05, 4.69) is 108 Å². The van der Waals surface area contributed by atoms with Crippen LogP contribution in [-0.2, 0) is 12.8 Å². The molecule has 5 aromatic carbocycles. The normalized spacial score (nSPS) is 13.5. The second kappa shape index (κ2) is 6.20. The molecule has 9 rings (SSSR count). The van der Waals surface area contributed by atoms with Crippen LogP contribution in [0.15, 0.2) is 103 Å². The van der Waals surface area contributed by atoms with Gasteiger partial charge >= 0.3 is 0 Å². The van der Waals surface area contributed by atoms with Gasteiger partial charge in [0.15, 0.2) is 0 Å². The van der Waals surface area contributed by atoms with Crippen LogP contribution in [-0.4, -0.2) is 4.40 Å². The summed E-state index contributed by atoms with van der Waals surface area (Å²) in [6.45, 7) is 0. The molecule has 0 fully saturated rings. The number of hydrogen-bond donors (Lipinski definition) is 0. The Morgan fingerprint density at radius 2 is 1.23 bits per heavy atom. The van der Waals surface area contributed by atoms with Gasteiger partial charge in [-0.2, -0.15) is 0 Å². The van der Waals surface area contributed by atoms with Crippen molar-refractivity contribution in [3.05, 3.63) is 126 Å². The number of rotatable bonds is 0. The maximum atomic E-state index is 2.52. The van der Waals surface area contributed by atoms with E-state index in [0.29, 0.717) is 0 Å². The van der Waals surface area contributed by atoms with Gasteiger partial charge in [-0.15, -0.1) is 0 Å². The lowest BCUT2D eigenvalue weighted by Crippen LogP contribution is -1.96. The number of benzene rings is 5. The van der Waals surface area contributed by atoms with E-state index < -0.39 is 0 Å². The number of aromatic nitrogens is 1. The van der Waals surface area contributed by atoms with Crippen molar-refractivity contribution in [2.24, 2.45) is 0 Å². The van der Waals surface area contributed by atoms with Crippen LogP contribution in [0.25, 0.3) is 60.2 Å². The van der Waals surface area contributed by atoms with Crippen molar-refractivity contribution in [1.82, 2.24) is 4.40 Å². The number of fused-ring (bicyclic) bond motifs is 16. The maximum Gasteiger partial charge on any atom is 0.0620 e. The Labute approximate surface area is 202 Å². The second-order valence-electron chi connectivity index (χ2n) is 10.1. The largest absolute Gasteiger partial charge is 0.314 e. The molecule has 0 radical (unpaired) electrons. The fourth-order valence-corrected chi connectivity index (χ4v) is 6.97. The molecule has 0 aliphatic heterocycles. The van der Waals surface area contributed by atoms with Crippen LogP contribution < -0.4 is 0 Å². The lowest BCUT2D eigenvalue weighted by Gasteiger charge is -2.16. The molecule has 0 N–H and O–H groups in total. The Hall–Kier alpha value is -4.36. The molecule has 7 aromatic rings. The van der Waals surface area contributed by atoms with E-state index in [0.717, 1.165) is 12.8 Å². The molecule has 0 saturated carbocycles. The molecule has 162 valence electrons. The summed E-state index contributed by atoms with van der Waals surface area (Å²) in [7, 11) is 0. The maximum absolute atomic E-state index is 2.52. The number of hydrogen-bond acceptors (Lipinski definition) is 0. The van der Waals surface area contributed by atoms with Gasteiger partial charge in [0, 0.05) is 34.2 Å². The zero-order valence-electron chi connectivity index (χ0n) is 19.2. The van der Waals surface area contributed by atoms with Crippen molar-refractivity contribution in [3.63, 3.8) is 0 Å². The third kappa shape index (κ3) is 2.15. The molecule has 0 spiro atoms. The van der Waals surface area contributed by atoms with E-state index in [9.17, 15) is 0 Å². The first-order chi connectivity index (χ1) is 17.4. The molecule has 35 heavy (non-hydrogen) atoms. The summed E-state index contributed by atoms with van der Waals surface area (Å²) in [4.78, 5) is 0. The minimum absolute atomic E-state index is 0.992. The van der Waals surface area contributed by atoms with Gasteiger partial charge in [0.05, 0.1) is 11.0 Å². The standard InChI is InChI=1S/C34H21N/c1-4-10-24-21(8-1)18-30-27(24)15-16-29-28-14-13-22-17-20-7-2-5-11-25(20)31(22)32(28)34-26-12-6-3-9-23(26)19-35(34)33(29)30/h1-16,19H,17-18H2. The summed E-state index contributed by atoms with van der Waals surface area (Å²) in [5.74, 6) is 0. The van der Waals surface area contributed by atoms with Gasteiger partial charge in [-0.05, 0) is 56.3 Å². The van der Waals surface area contributed by atoms with Crippen LogP contribution in [0.4, 0.5) is 0 Å². The zero-order valence-corrected chi connectivity index (χ0v) is 19.2. The molecule has 2 heterocycles. The van der Waals surface area contributed by atoms with Crippen molar-refractivity contribution < 1.29 is 0 Å². The van der Waals surface area contributed by atoms with Crippen molar-refractivity contribution in [1.29, 1.82) is 0 Å². The van der Waals surface area contributed by atoms with E-state index in [4.69, 9.17) is 0 Å². The van der Waals surface area contributed by atoms with Crippen LogP contribution >= 0.6 is 0 Å². The van der Waals surface area contributed by atoms with Crippen LogP contribution in [0.3, 0.4) is 0 Å². The molecule has 0 bridgehead atoms. The highest BCUT2D eigenvalue weighted by atomic mass is 14.9. The first kappa shape index (κ1) is 18.0. The van der Waals surface area contributed by atoms with Gasteiger partial charge in [0.2, 0.25) is 0 Å². The van der Waals surface area contributed by atoms with Crippen molar-refractivity contribution in [2.45, 2.75) is 12.8 Å². The Kier molecular flexibility index (Phi) is 3.19. The molecule has 2 aliphatic carbocycles. The second-order valence-corrected chi connectivity index (χ2v) is 10.1. The van der Waals surface area contributed by atoms with Gasteiger partial charge in [-0.1, -0.05) is 97.1 Å². The fraction of sp³-hybridized carbons (Fsp3) is 0.0588. The summed E-state index contributed by atoms with van der Waals surface area (Å²) in [6, 6.07) is 36.3. The van der Waals surface area contributed by atoms with Gasteiger partial charge in [0.25, 0.3) is 0 Å². The highest BCUT2D eigenvalue weighted by Crippen LogP contribution is 2.48. The Morgan fingerprint density at radius 3 is 2.14 bits per heavy atom. The fourth-order valence-electron chi connectivity index (χ4n) is 6.97. The minimum Gasteiger partial charge on any atom is -0.314 e. The molecule has 2 aromatic heterocycles. The molecule has 0 saturated heterocycles. The van der Waals surface area contributed by atoms with Gasteiger partial charge < -0.3 is 4.40 Å². The highest BCUT2D eigenvalue weighted by molar-refractivity contribution is 6.25. The van der Waals surface area contributed by atoms with E-state index in [1.54, 1.807) is 0 Å². The first-order valence-corrected chi connectivity index (χ1v) is 12.5. The molecule has 1 nitrogen and oxygen atoms in total. The minimum atomic E-state index is 0.992. The molecular weight excluding hydrogens is 422 g/mol. The lowest BCUT2D eigenvalue weighted by atomic mass is 9.92. The molecule has 2 aliphatic rings. The predicted octanol–water partition coefficient (Wildman–Crippen LogP) is 8.54. The monoisotopic (exact) mass is 443 g/mol. The number of nitrogens with zero attached hydrogens (tertiary/aromatic N) is 1. The zero-order chi connectivity index (χ0) is 22.7. The third-order valence-corrected chi connectivity index (χ3v) is 8.41. The van der Waals surface area contributed by atoms with Crippen LogP contribution in [0.2, 0.25) is 0 Å². The molecular formula is C34H21N. The lowest BCUT2D eigenvalue weighted by molar-refractivity contribution is 1.22. The van der Waals surface area contributed by atoms with Crippen molar-refractivity contribution in [3.8, 4) is 22.3 Å². The van der Waals surface area contributed by atoms with Crippen LogP contribution in [0, 0.1) is 0 Å². The average Bonchev–Trinajstić information content (AvgIpc) is 3.59. The van der Waals surface area contributed by atoms with Crippen molar-refractivity contribution in [2.75, 3.05) is 0 Å². The molecule has 0 amide bonds. The van der Waals surface area contributed by atoms with E-state index in [-0.39, 0.29) is 0 Å². The van der Waals surface area contributed by atoms with Gasteiger partial charge in [-0.25, -0.2) is 0 Å². The van der Waals surface area contributed by atoms with Gasteiger partial charge in [-0.3, -0.25) is 0 Å². The predicted molar refractivity (Wildman–Crippen MR) is 146 cm³/mol. The van der Waals surface area contributed by atoms with Crippen LogP contribution in [0.1, 0.15) is 22.3 Å². The summed E-state index contributed by atoms with van der Waals surface area (Å²) in [5, 5.41) is 6.76. The third-order valence-electron chi connectivity index (χ3n) is 8.41. The Morgan fingerprint density at radius 1 is 0.486 bits per heavy atom. The van der Waals surface area contributed by atoms with Crippen molar-refractivity contribution >= 4 is 38.0 Å². The quantitative estimate of drug-likeness (QED) is 0.207. The Balaban J connectivity index is 1.56. The summed E-state index contributed by atoms with van der Waals surface area (Å²) >= 11 is 0. The van der Waals surface area contributed by atoms with E-state index >= 15 is 0 Å². The van der Waals surface area contributed by atoms with Gasteiger partial charge in [0.1, 0.15) is 0 Å². The molecule has 0 atom stereocenters. The highest BCUT2D eigenvalue weighted by Gasteiger charge is 2.27.